The first-order valence-corrected chi connectivity index (χ1v) is 10.3. The quantitative estimate of drug-likeness (QED) is 0.757. The fraction of sp³-hybridized carbons (Fsp3) is 0.435. The zero-order valence-corrected chi connectivity index (χ0v) is 16.8. The van der Waals surface area contributed by atoms with E-state index in [-0.39, 0.29) is 11.8 Å². The average Bonchev–Trinajstić information content (AvgIpc) is 3.32. The molecular formula is C23H27N3O3. The van der Waals surface area contributed by atoms with Crippen molar-refractivity contribution in [2.75, 3.05) is 32.8 Å². The summed E-state index contributed by atoms with van der Waals surface area (Å²) < 4.78 is 5.51. The van der Waals surface area contributed by atoms with Crippen LogP contribution in [-0.2, 0) is 11.2 Å². The van der Waals surface area contributed by atoms with E-state index in [2.05, 4.69) is 17.1 Å². The fourth-order valence-corrected chi connectivity index (χ4v) is 4.42. The number of nitrogens with zero attached hydrogens (tertiary/aromatic N) is 3. The van der Waals surface area contributed by atoms with E-state index in [4.69, 9.17) is 4.74 Å². The number of hydrogen-bond donors (Lipinski definition) is 0. The number of carbonyl (C=O) groups is 2. The van der Waals surface area contributed by atoms with Gasteiger partial charge in [0, 0.05) is 32.4 Å². The molecule has 4 rings (SSSR count). The molecule has 2 aliphatic heterocycles. The van der Waals surface area contributed by atoms with Crippen LogP contribution in [0.1, 0.15) is 35.7 Å². The van der Waals surface area contributed by atoms with Crippen LogP contribution in [0.5, 0.6) is 5.88 Å². The van der Waals surface area contributed by atoms with Crippen LogP contribution in [0.2, 0.25) is 0 Å². The molecular weight excluding hydrogens is 366 g/mol. The van der Waals surface area contributed by atoms with Gasteiger partial charge in [0.1, 0.15) is 5.56 Å². The predicted molar refractivity (Wildman–Crippen MR) is 110 cm³/mol. The third-order valence-corrected chi connectivity index (χ3v) is 6.04. The number of aromatic nitrogens is 1. The summed E-state index contributed by atoms with van der Waals surface area (Å²) in [5, 5.41) is 0. The smallest absolute Gasteiger partial charge is 0.259 e. The molecule has 0 saturated carbocycles. The topological polar surface area (TPSA) is 62.7 Å². The minimum atomic E-state index is -0.430. The highest BCUT2D eigenvalue weighted by atomic mass is 16.5. The van der Waals surface area contributed by atoms with Crippen molar-refractivity contribution >= 4 is 11.8 Å². The van der Waals surface area contributed by atoms with Gasteiger partial charge in [-0.25, -0.2) is 4.98 Å². The monoisotopic (exact) mass is 393 g/mol. The molecule has 6 nitrogen and oxygen atoms in total. The summed E-state index contributed by atoms with van der Waals surface area (Å²) in [6.07, 6.45) is 4.02. The molecule has 2 saturated heterocycles. The zero-order valence-electron chi connectivity index (χ0n) is 16.8. The van der Waals surface area contributed by atoms with Gasteiger partial charge in [-0.05, 0) is 43.9 Å². The van der Waals surface area contributed by atoms with Gasteiger partial charge in [-0.1, -0.05) is 30.3 Å². The summed E-state index contributed by atoms with van der Waals surface area (Å²) >= 11 is 0. The Morgan fingerprint density at radius 1 is 1.14 bits per heavy atom. The van der Waals surface area contributed by atoms with E-state index in [1.807, 2.05) is 30.0 Å². The number of likely N-dealkylation sites (tertiary alicyclic amines) is 2. The summed E-state index contributed by atoms with van der Waals surface area (Å²) in [6.45, 7) is 4.90. The van der Waals surface area contributed by atoms with Crippen LogP contribution >= 0.6 is 0 Å². The van der Waals surface area contributed by atoms with Crippen LogP contribution in [-0.4, -0.2) is 59.4 Å². The average molecular weight is 393 g/mol. The van der Waals surface area contributed by atoms with Crippen molar-refractivity contribution < 1.29 is 14.3 Å². The predicted octanol–water partition coefficient (Wildman–Crippen LogP) is 2.79. The van der Waals surface area contributed by atoms with Crippen LogP contribution < -0.4 is 4.74 Å². The maximum Gasteiger partial charge on any atom is 0.259 e. The molecule has 3 heterocycles. The Kier molecular flexibility index (Phi) is 5.51. The highest BCUT2D eigenvalue weighted by Gasteiger charge is 2.51. The Morgan fingerprint density at radius 2 is 1.93 bits per heavy atom. The second kappa shape index (κ2) is 8.23. The third-order valence-electron chi connectivity index (χ3n) is 6.04. The van der Waals surface area contributed by atoms with Gasteiger partial charge >= 0.3 is 0 Å². The van der Waals surface area contributed by atoms with Gasteiger partial charge in [-0.2, -0.15) is 0 Å². The van der Waals surface area contributed by atoms with E-state index >= 15 is 0 Å². The largest absolute Gasteiger partial charge is 0.477 e. The molecule has 29 heavy (non-hydrogen) atoms. The first-order valence-electron chi connectivity index (χ1n) is 10.3. The van der Waals surface area contributed by atoms with Crippen LogP contribution in [0.15, 0.2) is 48.7 Å². The summed E-state index contributed by atoms with van der Waals surface area (Å²) in [4.78, 5) is 34.2. The van der Waals surface area contributed by atoms with Crippen molar-refractivity contribution in [3.8, 4) is 5.88 Å². The normalized spacial score (nSPS) is 21.2. The van der Waals surface area contributed by atoms with E-state index in [0.717, 1.165) is 32.4 Å². The number of rotatable bonds is 6. The molecule has 6 heteroatoms. The maximum absolute atomic E-state index is 13.2. The molecule has 0 radical (unpaired) electrons. The highest BCUT2D eigenvalue weighted by molar-refractivity contribution is 5.97. The van der Waals surface area contributed by atoms with Gasteiger partial charge < -0.3 is 14.5 Å². The molecule has 2 fully saturated rings. The summed E-state index contributed by atoms with van der Waals surface area (Å²) in [5.41, 5.74) is 1.28. The van der Waals surface area contributed by atoms with Gasteiger partial charge in [0.25, 0.3) is 5.91 Å². The second-order valence-electron chi connectivity index (χ2n) is 7.82. The molecule has 0 bridgehead atoms. The molecule has 1 aromatic heterocycles. The highest BCUT2D eigenvalue weighted by Crippen LogP contribution is 2.41. The van der Waals surface area contributed by atoms with Crippen molar-refractivity contribution in [3.63, 3.8) is 0 Å². The molecule has 1 atom stereocenters. The Bertz CT molecular complexity index is 886. The number of ether oxygens (including phenoxy) is 1. The summed E-state index contributed by atoms with van der Waals surface area (Å²) in [6, 6.07) is 13.7. The van der Waals surface area contributed by atoms with E-state index in [9.17, 15) is 9.59 Å². The molecule has 2 aromatic rings. The number of amides is 2. The second-order valence-corrected chi connectivity index (χ2v) is 7.82. The fourth-order valence-electron chi connectivity index (χ4n) is 4.42. The van der Waals surface area contributed by atoms with Gasteiger partial charge in [-0.15, -0.1) is 0 Å². The van der Waals surface area contributed by atoms with Gasteiger partial charge in [-0.3, -0.25) is 9.59 Å². The van der Waals surface area contributed by atoms with Crippen LogP contribution in [0, 0.1) is 5.41 Å². The Labute approximate surface area is 171 Å². The summed E-state index contributed by atoms with van der Waals surface area (Å²) in [7, 11) is 0. The van der Waals surface area contributed by atoms with Crippen molar-refractivity contribution in [1.82, 2.24) is 14.8 Å². The maximum atomic E-state index is 13.2. The van der Waals surface area contributed by atoms with E-state index in [1.54, 1.807) is 23.2 Å². The van der Waals surface area contributed by atoms with Crippen LogP contribution in [0.4, 0.5) is 0 Å². The van der Waals surface area contributed by atoms with Gasteiger partial charge in [0.05, 0.1) is 12.0 Å². The van der Waals surface area contributed by atoms with Crippen molar-refractivity contribution in [1.29, 1.82) is 0 Å². The molecule has 1 aromatic carbocycles. The number of pyridine rings is 1. The van der Waals surface area contributed by atoms with E-state index in [1.165, 1.54) is 5.56 Å². The lowest BCUT2D eigenvalue weighted by Crippen LogP contribution is -2.39. The van der Waals surface area contributed by atoms with E-state index < -0.39 is 5.41 Å². The number of benzene rings is 1. The standard InChI is InChI=1S/C23H27N3O3/c1-2-29-20-19(9-6-13-24-20)21(27)26-16-12-23(17-26)11-15-25(22(23)28)14-10-18-7-4-3-5-8-18/h3-9,13H,2,10-12,14-17H2,1H3. The van der Waals surface area contributed by atoms with Crippen molar-refractivity contribution in [2.24, 2.45) is 5.41 Å². The molecule has 152 valence electrons. The van der Waals surface area contributed by atoms with Gasteiger partial charge in [0.15, 0.2) is 0 Å². The third kappa shape index (κ3) is 3.84. The Balaban J connectivity index is 1.41. The Hall–Kier alpha value is -2.89. The van der Waals surface area contributed by atoms with Crippen molar-refractivity contribution in [3.05, 3.63) is 59.8 Å². The number of carbonyl (C=O) groups excluding carboxylic acids is 2. The lowest BCUT2D eigenvalue weighted by molar-refractivity contribution is -0.135. The SMILES string of the molecule is CCOc1ncccc1C(=O)N1CCC2(CCN(CCc3ccccc3)C2=O)C1. The zero-order chi connectivity index (χ0) is 20.3. The molecule has 1 spiro atoms. The first-order chi connectivity index (χ1) is 14.1. The number of hydrogen-bond acceptors (Lipinski definition) is 4. The first kappa shape index (κ1) is 19.4. The van der Waals surface area contributed by atoms with Gasteiger partial charge in [0.2, 0.25) is 11.8 Å². The molecule has 1 unspecified atom stereocenters. The minimum Gasteiger partial charge on any atom is -0.477 e. The van der Waals surface area contributed by atoms with Crippen LogP contribution in [0.3, 0.4) is 0 Å². The lowest BCUT2D eigenvalue weighted by atomic mass is 9.85. The van der Waals surface area contributed by atoms with Crippen molar-refractivity contribution in [2.45, 2.75) is 26.2 Å². The van der Waals surface area contributed by atoms with E-state index in [0.29, 0.717) is 31.1 Å². The molecule has 2 amide bonds. The molecule has 2 aliphatic rings. The lowest BCUT2D eigenvalue weighted by Gasteiger charge is -2.24. The Morgan fingerprint density at radius 3 is 2.72 bits per heavy atom. The minimum absolute atomic E-state index is 0.103. The molecule has 0 N–H and O–H groups in total. The van der Waals surface area contributed by atoms with Crippen LogP contribution in [0.25, 0.3) is 0 Å². The summed E-state index contributed by atoms with van der Waals surface area (Å²) in [5.74, 6) is 0.456. The molecule has 0 aliphatic carbocycles.